The standard InChI is InChI=1S/C31H40N2O5/c1-2-3-4-5-6-7-20-36-27-17-12-24(13-18-27)31(35)38-28-15-8-23(9-16-28)10-19-30(34)37-22-25-11-14-26(32)21-29(25)33/h2,8-11,14-16,19,21,24,27H,1,3-7,12-13,17-18,20,22,32-33H2. The molecule has 1 aliphatic rings. The molecule has 0 saturated heterocycles. The average Bonchev–Trinajstić information content (AvgIpc) is 2.92. The number of nitrogens with two attached hydrogens (primary N) is 2. The number of rotatable bonds is 14. The molecule has 1 aliphatic carbocycles. The number of nitrogen functional groups attached to an aromatic ring is 2. The van der Waals surface area contributed by atoms with Crippen LogP contribution in [0.4, 0.5) is 11.4 Å². The van der Waals surface area contributed by atoms with Gasteiger partial charge >= 0.3 is 11.9 Å². The predicted octanol–water partition coefficient (Wildman–Crippen LogP) is 6.22. The minimum Gasteiger partial charge on any atom is -0.458 e. The lowest BCUT2D eigenvalue weighted by atomic mass is 9.87. The van der Waals surface area contributed by atoms with Crippen LogP contribution < -0.4 is 16.2 Å². The monoisotopic (exact) mass is 520 g/mol. The molecule has 0 atom stereocenters. The van der Waals surface area contributed by atoms with Crippen LogP contribution >= 0.6 is 0 Å². The van der Waals surface area contributed by atoms with Crippen LogP contribution in [0.5, 0.6) is 5.75 Å². The van der Waals surface area contributed by atoms with Crippen molar-refractivity contribution < 1.29 is 23.8 Å². The van der Waals surface area contributed by atoms with Crippen molar-refractivity contribution in [3.63, 3.8) is 0 Å². The van der Waals surface area contributed by atoms with E-state index < -0.39 is 5.97 Å². The summed E-state index contributed by atoms with van der Waals surface area (Å²) in [5.74, 6) is -0.291. The van der Waals surface area contributed by atoms with E-state index in [0.29, 0.717) is 22.7 Å². The Morgan fingerprint density at radius 2 is 1.68 bits per heavy atom. The second-order valence-corrected chi connectivity index (χ2v) is 9.73. The lowest BCUT2D eigenvalue weighted by molar-refractivity contribution is -0.141. The molecule has 7 heteroatoms. The molecule has 38 heavy (non-hydrogen) atoms. The molecule has 0 aliphatic heterocycles. The van der Waals surface area contributed by atoms with Gasteiger partial charge < -0.3 is 25.7 Å². The third kappa shape index (κ3) is 10.1. The molecular weight excluding hydrogens is 480 g/mol. The van der Waals surface area contributed by atoms with Crippen LogP contribution in [0.3, 0.4) is 0 Å². The number of carbonyl (C=O) groups excluding carboxylic acids is 2. The van der Waals surface area contributed by atoms with Gasteiger partial charge in [0.15, 0.2) is 0 Å². The third-order valence-corrected chi connectivity index (χ3v) is 6.71. The number of allylic oxidation sites excluding steroid dienone is 1. The van der Waals surface area contributed by atoms with Gasteiger partial charge in [0.05, 0.1) is 12.0 Å². The molecule has 0 spiro atoms. The molecular formula is C31H40N2O5. The van der Waals surface area contributed by atoms with Crippen molar-refractivity contribution in [1.29, 1.82) is 0 Å². The Kier molecular flexibility index (Phi) is 11.9. The Morgan fingerprint density at radius 1 is 0.947 bits per heavy atom. The maximum Gasteiger partial charge on any atom is 0.331 e. The summed E-state index contributed by atoms with van der Waals surface area (Å²) in [5.41, 5.74) is 14.1. The molecule has 7 nitrogen and oxygen atoms in total. The number of carbonyl (C=O) groups is 2. The van der Waals surface area contributed by atoms with Gasteiger partial charge in [-0.3, -0.25) is 4.79 Å². The molecule has 3 rings (SSSR count). The first-order valence-electron chi connectivity index (χ1n) is 13.5. The average molecular weight is 521 g/mol. The summed E-state index contributed by atoms with van der Waals surface area (Å²) in [6, 6.07) is 12.1. The van der Waals surface area contributed by atoms with Gasteiger partial charge in [0.1, 0.15) is 12.4 Å². The summed E-state index contributed by atoms with van der Waals surface area (Å²) in [5, 5.41) is 0. The van der Waals surface area contributed by atoms with Crippen LogP contribution in [0.2, 0.25) is 0 Å². The van der Waals surface area contributed by atoms with Gasteiger partial charge in [-0.2, -0.15) is 0 Å². The lowest BCUT2D eigenvalue weighted by Crippen LogP contribution is -2.29. The highest BCUT2D eigenvalue weighted by atomic mass is 16.5. The molecule has 0 heterocycles. The van der Waals surface area contributed by atoms with Gasteiger partial charge in [-0.1, -0.05) is 37.1 Å². The van der Waals surface area contributed by atoms with Crippen LogP contribution in [0.25, 0.3) is 6.08 Å². The number of esters is 2. The van der Waals surface area contributed by atoms with E-state index in [4.69, 9.17) is 25.7 Å². The highest BCUT2D eigenvalue weighted by molar-refractivity contribution is 5.87. The van der Waals surface area contributed by atoms with Crippen LogP contribution in [-0.2, 0) is 25.7 Å². The van der Waals surface area contributed by atoms with E-state index in [2.05, 4.69) is 6.58 Å². The van der Waals surface area contributed by atoms with E-state index in [9.17, 15) is 9.59 Å². The topological polar surface area (TPSA) is 114 Å². The zero-order chi connectivity index (χ0) is 27.2. The number of unbranched alkanes of at least 4 members (excludes halogenated alkanes) is 4. The molecule has 0 unspecified atom stereocenters. The van der Waals surface area contributed by atoms with Crippen molar-refractivity contribution in [3.05, 3.63) is 72.3 Å². The molecule has 4 N–H and O–H groups in total. The molecule has 1 saturated carbocycles. The summed E-state index contributed by atoms with van der Waals surface area (Å²) >= 11 is 0. The normalized spacial score (nSPS) is 17.3. The maximum absolute atomic E-state index is 12.6. The van der Waals surface area contributed by atoms with Crippen molar-refractivity contribution in [1.82, 2.24) is 0 Å². The smallest absolute Gasteiger partial charge is 0.331 e. The fourth-order valence-corrected chi connectivity index (χ4v) is 4.41. The molecule has 0 bridgehead atoms. The van der Waals surface area contributed by atoms with Crippen molar-refractivity contribution in [2.24, 2.45) is 5.92 Å². The second kappa shape index (κ2) is 15.6. The van der Waals surface area contributed by atoms with Gasteiger partial charge in [0.2, 0.25) is 0 Å². The van der Waals surface area contributed by atoms with Gasteiger partial charge in [-0.05, 0) is 80.9 Å². The fourth-order valence-electron chi connectivity index (χ4n) is 4.41. The molecule has 0 amide bonds. The van der Waals surface area contributed by atoms with E-state index in [1.165, 1.54) is 25.3 Å². The summed E-state index contributed by atoms with van der Waals surface area (Å²) in [6.07, 6.45) is 14.3. The van der Waals surface area contributed by atoms with Crippen LogP contribution in [0.15, 0.2) is 61.2 Å². The Balaban J connectivity index is 1.34. The number of hydrogen-bond donors (Lipinski definition) is 2. The summed E-state index contributed by atoms with van der Waals surface area (Å²) in [7, 11) is 0. The number of benzene rings is 2. The van der Waals surface area contributed by atoms with Crippen molar-refractivity contribution in [2.75, 3.05) is 18.1 Å². The van der Waals surface area contributed by atoms with Gasteiger partial charge in [-0.25, -0.2) is 4.79 Å². The molecule has 1 fully saturated rings. The second-order valence-electron chi connectivity index (χ2n) is 9.73. The zero-order valence-corrected chi connectivity index (χ0v) is 22.1. The quantitative estimate of drug-likeness (QED) is 0.0758. The number of ether oxygens (including phenoxy) is 3. The minimum absolute atomic E-state index is 0.0641. The highest BCUT2D eigenvalue weighted by Gasteiger charge is 2.28. The highest BCUT2D eigenvalue weighted by Crippen LogP contribution is 2.28. The van der Waals surface area contributed by atoms with Crippen LogP contribution in [0.1, 0.15) is 68.9 Å². The van der Waals surface area contributed by atoms with Crippen molar-refractivity contribution in [2.45, 2.75) is 70.5 Å². The van der Waals surface area contributed by atoms with Gasteiger partial charge in [-0.15, -0.1) is 6.58 Å². The first kappa shape index (κ1) is 29.0. The predicted molar refractivity (Wildman–Crippen MR) is 151 cm³/mol. The Labute approximate surface area is 225 Å². The SMILES string of the molecule is C=CCCCCCCOC1CCC(C(=O)Oc2ccc(C=CC(=O)OCc3ccc(N)cc3N)cc2)CC1. The molecule has 2 aromatic carbocycles. The third-order valence-electron chi connectivity index (χ3n) is 6.71. The van der Waals surface area contributed by atoms with E-state index >= 15 is 0 Å². The number of anilines is 2. The maximum atomic E-state index is 12.6. The Morgan fingerprint density at radius 3 is 2.39 bits per heavy atom. The van der Waals surface area contributed by atoms with E-state index in [0.717, 1.165) is 50.7 Å². The first-order valence-corrected chi connectivity index (χ1v) is 13.5. The van der Waals surface area contributed by atoms with E-state index in [1.807, 2.05) is 6.08 Å². The van der Waals surface area contributed by atoms with E-state index in [-0.39, 0.29) is 24.6 Å². The summed E-state index contributed by atoms with van der Waals surface area (Å²) in [4.78, 5) is 24.7. The van der Waals surface area contributed by atoms with Gasteiger partial charge in [0, 0.05) is 29.6 Å². The molecule has 2 aromatic rings. The Hall–Kier alpha value is -3.58. The van der Waals surface area contributed by atoms with Crippen molar-refractivity contribution >= 4 is 29.4 Å². The van der Waals surface area contributed by atoms with E-state index in [1.54, 1.807) is 48.5 Å². The Bertz CT molecular complexity index is 1070. The summed E-state index contributed by atoms with van der Waals surface area (Å²) < 4.78 is 16.9. The lowest BCUT2D eigenvalue weighted by Gasteiger charge is -2.27. The molecule has 0 radical (unpaired) electrons. The van der Waals surface area contributed by atoms with Crippen LogP contribution in [-0.4, -0.2) is 24.6 Å². The number of hydrogen-bond acceptors (Lipinski definition) is 7. The largest absolute Gasteiger partial charge is 0.458 e. The van der Waals surface area contributed by atoms with Gasteiger partial charge in [0.25, 0.3) is 0 Å². The van der Waals surface area contributed by atoms with Crippen molar-refractivity contribution in [3.8, 4) is 5.75 Å². The fraction of sp³-hybridized carbons (Fsp3) is 0.419. The minimum atomic E-state index is -0.486. The summed E-state index contributed by atoms with van der Waals surface area (Å²) in [6.45, 7) is 4.61. The molecule has 204 valence electrons. The first-order chi connectivity index (χ1) is 18.4. The molecule has 0 aromatic heterocycles. The van der Waals surface area contributed by atoms with Crippen LogP contribution in [0, 0.1) is 5.92 Å². The zero-order valence-electron chi connectivity index (χ0n) is 22.1.